The summed E-state index contributed by atoms with van der Waals surface area (Å²) in [5.41, 5.74) is 0.167. The predicted molar refractivity (Wildman–Crippen MR) is 91.4 cm³/mol. The lowest BCUT2D eigenvalue weighted by atomic mass is 9.73. The van der Waals surface area contributed by atoms with Crippen LogP contribution < -0.4 is 5.32 Å². The van der Waals surface area contributed by atoms with Gasteiger partial charge in [0.05, 0.1) is 6.20 Å². The summed E-state index contributed by atoms with van der Waals surface area (Å²) in [6.07, 6.45) is 5.35. The second kappa shape index (κ2) is 6.02. The van der Waals surface area contributed by atoms with Crippen molar-refractivity contribution < 1.29 is 14.0 Å². The standard InChI is InChI=1S/C19H21N3O3/c1-13-7-5-6-10-19(13)17(23)22(18(24)21-19)12-16-20-11-15(25-16)14-8-3-2-4-9-14/h2-4,8-9,11,13H,5-7,10,12H2,1H3,(H,21,24)/t13-,19-/m0/s1. The Kier molecular flexibility index (Phi) is 3.82. The van der Waals surface area contributed by atoms with Crippen molar-refractivity contribution in [3.8, 4) is 11.3 Å². The minimum atomic E-state index is -0.746. The fourth-order valence-electron chi connectivity index (χ4n) is 3.89. The van der Waals surface area contributed by atoms with E-state index in [4.69, 9.17) is 4.42 Å². The van der Waals surface area contributed by atoms with Crippen LogP contribution in [0.4, 0.5) is 4.79 Å². The lowest BCUT2D eigenvalue weighted by Crippen LogP contribution is -2.53. The molecule has 4 rings (SSSR count). The van der Waals surface area contributed by atoms with E-state index >= 15 is 0 Å². The number of aromatic nitrogens is 1. The molecule has 1 spiro atoms. The minimum absolute atomic E-state index is 0.0615. The molecule has 0 radical (unpaired) electrons. The monoisotopic (exact) mass is 339 g/mol. The van der Waals surface area contributed by atoms with Gasteiger partial charge in [0.15, 0.2) is 5.76 Å². The number of nitrogens with zero attached hydrogens (tertiary/aromatic N) is 2. The third-order valence-corrected chi connectivity index (χ3v) is 5.41. The van der Waals surface area contributed by atoms with E-state index in [1.54, 1.807) is 6.20 Å². The van der Waals surface area contributed by atoms with Gasteiger partial charge in [-0.3, -0.25) is 9.69 Å². The number of carbonyl (C=O) groups excluding carboxylic acids is 2. The Balaban J connectivity index is 1.54. The average Bonchev–Trinajstić information content (AvgIpc) is 3.18. The largest absolute Gasteiger partial charge is 0.439 e. The zero-order valence-corrected chi connectivity index (χ0v) is 14.2. The molecular weight excluding hydrogens is 318 g/mol. The van der Waals surface area contributed by atoms with Gasteiger partial charge in [0.25, 0.3) is 5.91 Å². The number of imide groups is 1. The Labute approximate surface area is 146 Å². The molecule has 25 heavy (non-hydrogen) atoms. The van der Waals surface area contributed by atoms with Gasteiger partial charge >= 0.3 is 6.03 Å². The molecule has 6 nitrogen and oxygen atoms in total. The molecule has 3 amide bonds. The van der Waals surface area contributed by atoms with Crippen molar-refractivity contribution in [2.45, 2.75) is 44.7 Å². The van der Waals surface area contributed by atoms with Crippen LogP contribution in [-0.4, -0.2) is 27.4 Å². The number of urea groups is 1. The van der Waals surface area contributed by atoms with Crippen LogP contribution in [-0.2, 0) is 11.3 Å². The molecule has 1 saturated carbocycles. The van der Waals surface area contributed by atoms with Crippen molar-refractivity contribution in [3.63, 3.8) is 0 Å². The number of amides is 3. The molecule has 1 aliphatic heterocycles. The first-order chi connectivity index (χ1) is 12.1. The Morgan fingerprint density at radius 1 is 1.28 bits per heavy atom. The molecule has 2 atom stereocenters. The second-order valence-electron chi connectivity index (χ2n) is 6.92. The number of hydrogen-bond acceptors (Lipinski definition) is 4. The molecular formula is C19H21N3O3. The minimum Gasteiger partial charge on any atom is -0.439 e. The molecule has 1 aromatic heterocycles. The number of hydrogen-bond donors (Lipinski definition) is 1. The topological polar surface area (TPSA) is 75.4 Å². The SMILES string of the molecule is C[C@H]1CCCC[C@]12NC(=O)N(Cc1ncc(-c3ccccc3)o1)C2=O. The van der Waals surface area contributed by atoms with Gasteiger partial charge in [-0.2, -0.15) is 0 Å². The van der Waals surface area contributed by atoms with Crippen LogP contribution in [0.1, 0.15) is 38.5 Å². The van der Waals surface area contributed by atoms with E-state index in [0.717, 1.165) is 24.8 Å². The van der Waals surface area contributed by atoms with Crippen LogP contribution >= 0.6 is 0 Å². The van der Waals surface area contributed by atoms with Gasteiger partial charge in [0.1, 0.15) is 12.1 Å². The zero-order chi connectivity index (χ0) is 17.4. The van der Waals surface area contributed by atoms with E-state index < -0.39 is 5.54 Å². The highest BCUT2D eigenvalue weighted by molar-refractivity contribution is 6.07. The number of benzene rings is 1. The highest BCUT2D eigenvalue weighted by Crippen LogP contribution is 2.38. The van der Waals surface area contributed by atoms with Crippen molar-refractivity contribution in [1.82, 2.24) is 15.2 Å². The average molecular weight is 339 g/mol. The fourth-order valence-corrected chi connectivity index (χ4v) is 3.89. The highest BCUT2D eigenvalue weighted by Gasteiger charge is 2.55. The van der Waals surface area contributed by atoms with Gasteiger partial charge in [-0.1, -0.05) is 50.1 Å². The molecule has 1 saturated heterocycles. The lowest BCUT2D eigenvalue weighted by Gasteiger charge is -2.36. The first-order valence-electron chi connectivity index (χ1n) is 8.74. The van der Waals surface area contributed by atoms with Crippen molar-refractivity contribution >= 4 is 11.9 Å². The van der Waals surface area contributed by atoms with Crippen molar-refractivity contribution in [1.29, 1.82) is 0 Å². The quantitative estimate of drug-likeness (QED) is 0.870. The second-order valence-corrected chi connectivity index (χ2v) is 6.92. The van der Waals surface area contributed by atoms with Crippen LogP contribution in [0.2, 0.25) is 0 Å². The normalized spacial score (nSPS) is 26.3. The molecule has 2 heterocycles. The number of oxazole rings is 1. The summed E-state index contributed by atoms with van der Waals surface area (Å²) in [5.74, 6) is 0.988. The smallest absolute Gasteiger partial charge is 0.325 e. The molecule has 130 valence electrons. The van der Waals surface area contributed by atoms with Gasteiger partial charge in [-0.05, 0) is 18.8 Å². The van der Waals surface area contributed by atoms with Crippen molar-refractivity contribution in [3.05, 3.63) is 42.4 Å². The van der Waals surface area contributed by atoms with Gasteiger partial charge in [-0.25, -0.2) is 9.78 Å². The van der Waals surface area contributed by atoms with Gasteiger partial charge in [-0.15, -0.1) is 0 Å². The Morgan fingerprint density at radius 3 is 2.84 bits per heavy atom. The lowest BCUT2D eigenvalue weighted by molar-refractivity contribution is -0.134. The van der Waals surface area contributed by atoms with E-state index in [2.05, 4.69) is 10.3 Å². The summed E-state index contributed by atoms with van der Waals surface area (Å²) in [6.45, 7) is 2.10. The number of rotatable bonds is 3. The maximum Gasteiger partial charge on any atom is 0.325 e. The maximum absolute atomic E-state index is 13.0. The van der Waals surface area contributed by atoms with E-state index in [-0.39, 0.29) is 24.4 Å². The van der Waals surface area contributed by atoms with Gasteiger partial charge < -0.3 is 9.73 Å². The number of carbonyl (C=O) groups is 2. The van der Waals surface area contributed by atoms with Crippen molar-refractivity contribution in [2.24, 2.45) is 5.92 Å². The third kappa shape index (κ3) is 2.62. The maximum atomic E-state index is 13.0. The molecule has 1 aliphatic carbocycles. The summed E-state index contributed by atoms with van der Waals surface area (Å²) < 4.78 is 5.75. The summed E-state index contributed by atoms with van der Waals surface area (Å²) in [6, 6.07) is 9.27. The molecule has 2 aliphatic rings. The summed E-state index contributed by atoms with van der Waals surface area (Å²) >= 11 is 0. The van der Waals surface area contributed by atoms with Crippen LogP contribution in [0, 0.1) is 5.92 Å². The Hall–Kier alpha value is -2.63. The van der Waals surface area contributed by atoms with Crippen LogP contribution in [0.25, 0.3) is 11.3 Å². The summed E-state index contributed by atoms with van der Waals surface area (Å²) in [7, 11) is 0. The fraction of sp³-hybridized carbons (Fsp3) is 0.421. The van der Waals surface area contributed by atoms with E-state index in [9.17, 15) is 9.59 Å². The van der Waals surface area contributed by atoms with Crippen LogP contribution in [0.5, 0.6) is 0 Å². The number of nitrogens with one attached hydrogen (secondary N) is 1. The van der Waals surface area contributed by atoms with Gasteiger partial charge in [0.2, 0.25) is 5.89 Å². The van der Waals surface area contributed by atoms with Crippen LogP contribution in [0.3, 0.4) is 0 Å². The summed E-state index contributed by atoms with van der Waals surface area (Å²) in [4.78, 5) is 30.8. The predicted octanol–water partition coefficient (Wildman–Crippen LogP) is 3.34. The first kappa shape index (κ1) is 15.9. The molecule has 0 bridgehead atoms. The highest BCUT2D eigenvalue weighted by atomic mass is 16.4. The van der Waals surface area contributed by atoms with E-state index in [1.165, 1.54) is 4.90 Å². The summed E-state index contributed by atoms with van der Waals surface area (Å²) in [5, 5.41) is 2.95. The van der Waals surface area contributed by atoms with E-state index in [1.807, 2.05) is 37.3 Å². The molecule has 6 heteroatoms. The first-order valence-corrected chi connectivity index (χ1v) is 8.74. The molecule has 2 fully saturated rings. The van der Waals surface area contributed by atoms with Crippen molar-refractivity contribution in [2.75, 3.05) is 0 Å². The molecule has 0 unspecified atom stereocenters. The van der Waals surface area contributed by atoms with E-state index in [0.29, 0.717) is 18.1 Å². The Bertz CT molecular complexity index is 801. The van der Waals surface area contributed by atoms with Gasteiger partial charge in [0, 0.05) is 5.56 Å². The van der Waals surface area contributed by atoms with Crippen LogP contribution in [0.15, 0.2) is 40.9 Å². The zero-order valence-electron chi connectivity index (χ0n) is 14.2. The molecule has 1 aromatic carbocycles. The third-order valence-electron chi connectivity index (χ3n) is 5.41. The molecule has 2 aromatic rings. The Morgan fingerprint density at radius 2 is 2.08 bits per heavy atom. The molecule has 1 N–H and O–H groups in total.